The number of phenolic OH excluding ortho intramolecular Hbond substituents is 2. The standard InChI is InChI=1S/C37H29N9O14S3/c38-33-32-20(16-30(63(58,59)60)35(36(32)50)46-43-24-9-12-26(13-10-24)61(52,53)54)15-29(62(55,56)57)34(33)45-42-22-3-1-19(2-4-22)37(51)40-21-5-7-23(8-6-21)41-44-27-14-11-25(17-28(27)47)39-18-31(48)49/h1-17,39,47,50H,18,38H2,(H,40,51)(H,48,49)(H,52,53,54)(H,55,56,57)(H,58,59,60). The number of amides is 1. The van der Waals surface area contributed by atoms with Gasteiger partial charge in [0.15, 0.2) is 5.75 Å². The molecule has 0 unspecified atom stereocenters. The predicted octanol–water partition coefficient (Wildman–Crippen LogP) is 7.57. The lowest BCUT2D eigenvalue weighted by Crippen LogP contribution is -2.11. The maximum Gasteiger partial charge on any atom is 0.322 e. The highest BCUT2D eigenvalue weighted by molar-refractivity contribution is 7.86. The van der Waals surface area contributed by atoms with Crippen LogP contribution in [-0.4, -0.2) is 72.7 Å². The van der Waals surface area contributed by atoms with E-state index in [0.717, 1.165) is 24.3 Å². The molecular formula is C37H29N9O14S3. The number of carboxylic acids is 1. The number of azo groups is 3. The second kappa shape index (κ2) is 17.7. The molecule has 0 spiro atoms. The van der Waals surface area contributed by atoms with Crippen molar-refractivity contribution in [2.24, 2.45) is 30.7 Å². The molecule has 0 aromatic heterocycles. The minimum absolute atomic E-state index is 0.0414. The molecule has 0 heterocycles. The van der Waals surface area contributed by atoms with E-state index in [-0.39, 0.29) is 34.9 Å². The molecule has 6 aromatic rings. The Bertz CT molecular complexity index is 3240. The molecule has 63 heavy (non-hydrogen) atoms. The van der Waals surface area contributed by atoms with Gasteiger partial charge in [-0.3, -0.25) is 23.2 Å². The van der Waals surface area contributed by atoms with E-state index in [4.69, 9.17) is 10.8 Å². The van der Waals surface area contributed by atoms with Crippen molar-refractivity contribution in [2.45, 2.75) is 14.7 Å². The van der Waals surface area contributed by atoms with Gasteiger partial charge in [0.1, 0.15) is 39.1 Å². The number of rotatable bonds is 14. The quantitative estimate of drug-likeness (QED) is 0.0289. The van der Waals surface area contributed by atoms with Crippen molar-refractivity contribution >= 4 is 104 Å². The zero-order valence-corrected chi connectivity index (χ0v) is 33.9. The van der Waals surface area contributed by atoms with Crippen LogP contribution in [0.1, 0.15) is 10.4 Å². The lowest BCUT2D eigenvalue weighted by molar-refractivity contribution is -0.134. The fourth-order valence-electron chi connectivity index (χ4n) is 5.51. The van der Waals surface area contributed by atoms with Gasteiger partial charge < -0.3 is 31.7 Å². The van der Waals surface area contributed by atoms with Gasteiger partial charge in [-0.15, -0.1) is 15.3 Å². The molecule has 23 nitrogen and oxygen atoms in total. The summed E-state index contributed by atoms with van der Waals surface area (Å²) in [5.41, 5.74) is 5.30. The number of fused-ring (bicyclic) bond motifs is 1. The Balaban J connectivity index is 1.22. The number of carbonyl (C=O) groups is 2. The highest BCUT2D eigenvalue weighted by Gasteiger charge is 2.28. The Morgan fingerprint density at radius 2 is 1.08 bits per heavy atom. The van der Waals surface area contributed by atoms with E-state index in [0.29, 0.717) is 29.2 Å². The van der Waals surface area contributed by atoms with Crippen molar-refractivity contribution < 1.29 is 63.8 Å². The average molecular weight is 920 g/mol. The first-order valence-electron chi connectivity index (χ1n) is 17.3. The van der Waals surface area contributed by atoms with Crippen LogP contribution in [0.2, 0.25) is 0 Å². The molecule has 26 heteroatoms. The second-order valence-corrected chi connectivity index (χ2v) is 17.0. The molecule has 6 aromatic carbocycles. The Morgan fingerprint density at radius 1 is 0.587 bits per heavy atom. The van der Waals surface area contributed by atoms with Crippen molar-refractivity contribution in [3.63, 3.8) is 0 Å². The summed E-state index contributed by atoms with van der Waals surface area (Å²) in [6.07, 6.45) is 0. The Hall–Kier alpha value is -7.75. The Kier molecular flexibility index (Phi) is 12.6. The summed E-state index contributed by atoms with van der Waals surface area (Å²) in [6.45, 7) is -0.345. The fraction of sp³-hybridized carbons (Fsp3) is 0.0270. The van der Waals surface area contributed by atoms with Gasteiger partial charge in [-0.1, -0.05) is 0 Å². The molecule has 0 aliphatic rings. The van der Waals surface area contributed by atoms with Gasteiger partial charge in [-0.05, 0) is 102 Å². The summed E-state index contributed by atoms with van der Waals surface area (Å²) in [5, 5.41) is 57.9. The number of nitrogens with one attached hydrogen (secondary N) is 2. The number of phenols is 2. The maximum absolute atomic E-state index is 13.0. The summed E-state index contributed by atoms with van der Waals surface area (Å²) in [6, 6.07) is 21.2. The molecule has 0 atom stereocenters. The zero-order valence-electron chi connectivity index (χ0n) is 31.5. The monoisotopic (exact) mass is 919 g/mol. The van der Waals surface area contributed by atoms with Gasteiger partial charge in [-0.25, -0.2) is 0 Å². The minimum Gasteiger partial charge on any atom is -0.506 e. The normalized spacial score (nSPS) is 12.4. The summed E-state index contributed by atoms with van der Waals surface area (Å²) in [5.74, 6) is -2.91. The highest BCUT2D eigenvalue weighted by Crippen LogP contribution is 2.48. The molecule has 0 radical (unpaired) electrons. The van der Waals surface area contributed by atoms with Crippen molar-refractivity contribution in [2.75, 3.05) is 22.9 Å². The molecule has 0 aliphatic carbocycles. The van der Waals surface area contributed by atoms with Crippen LogP contribution in [0.4, 0.5) is 51.2 Å². The van der Waals surface area contributed by atoms with E-state index < -0.39 is 90.5 Å². The number of nitrogens with two attached hydrogens (primary N) is 1. The van der Waals surface area contributed by atoms with Crippen LogP contribution in [0, 0.1) is 0 Å². The molecular weight excluding hydrogens is 891 g/mol. The number of nitrogens with zero attached hydrogens (tertiary/aromatic N) is 6. The third-order valence-corrected chi connectivity index (χ3v) is 11.1. The summed E-state index contributed by atoms with van der Waals surface area (Å²) in [7, 11) is -15.0. The Labute approximate surface area is 355 Å². The van der Waals surface area contributed by atoms with Gasteiger partial charge in [0.2, 0.25) is 0 Å². The van der Waals surface area contributed by atoms with E-state index in [1.807, 2.05) is 0 Å². The molecule has 6 rings (SSSR count). The van der Waals surface area contributed by atoms with Gasteiger partial charge in [0, 0.05) is 23.0 Å². The number of nitrogen functional groups attached to an aromatic ring is 1. The number of aliphatic carboxylic acids is 1. The third-order valence-electron chi connectivity index (χ3n) is 8.48. The second-order valence-electron chi connectivity index (χ2n) is 12.8. The van der Waals surface area contributed by atoms with E-state index in [2.05, 4.69) is 41.3 Å². The predicted molar refractivity (Wildman–Crippen MR) is 224 cm³/mol. The molecule has 10 N–H and O–H groups in total. The van der Waals surface area contributed by atoms with Crippen LogP contribution in [0.15, 0.2) is 149 Å². The number of carbonyl (C=O) groups excluding carboxylic acids is 1. The summed E-state index contributed by atoms with van der Waals surface area (Å²) < 4.78 is 102. The number of anilines is 3. The van der Waals surface area contributed by atoms with Crippen LogP contribution in [0.25, 0.3) is 10.8 Å². The van der Waals surface area contributed by atoms with Crippen molar-refractivity contribution in [1.82, 2.24) is 0 Å². The van der Waals surface area contributed by atoms with Gasteiger partial charge in [0.05, 0.1) is 33.0 Å². The first-order valence-corrected chi connectivity index (χ1v) is 21.6. The number of aromatic hydroxyl groups is 2. The molecule has 0 fully saturated rings. The number of carboxylic acid groups (broad SMARTS) is 1. The molecule has 324 valence electrons. The SMILES string of the molecule is Nc1c(N=Nc2ccc(C(=O)Nc3ccc(N=Nc4ccc(NCC(=O)O)cc4O)cc3)cc2)c(S(=O)(=O)O)cc2cc(S(=O)(=O)O)c(N=Nc3ccc(S(=O)(=O)O)cc3)c(O)c12. The van der Waals surface area contributed by atoms with Crippen molar-refractivity contribution in [3.05, 3.63) is 109 Å². The van der Waals surface area contributed by atoms with Crippen LogP contribution in [0.5, 0.6) is 11.5 Å². The summed E-state index contributed by atoms with van der Waals surface area (Å²) in [4.78, 5) is 21.2. The Morgan fingerprint density at radius 3 is 1.60 bits per heavy atom. The highest BCUT2D eigenvalue weighted by atomic mass is 32.2. The van der Waals surface area contributed by atoms with Crippen molar-refractivity contribution in [3.8, 4) is 11.5 Å². The minimum atomic E-state index is -5.22. The van der Waals surface area contributed by atoms with E-state index >= 15 is 0 Å². The average Bonchev–Trinajstić information content (AvgIpc) is 3.21. The molecule has 0 saturated heterocycles. The third kappa shape index (κ3) is 10.8. The largest absolute Gasteiger partial charge is 0.506 e. The lowest BCUT2D eigenvalue weighted by atomic mass is 10.1. The van der Waals surface area contributed by atoms with Gasteiger partial charge in [-0.2, -0.15) is 40.6 Å². The summed E-state index contributed by atoms with van der Waals surface area (Å²) >= 11 is 0. The van der Waals surface area contributed by atoms with Crippen LogP contribution < -0.4 is 16.4 Å². The zero-order chi connectivity index (χ0) is 45.9. The molecule has 0 saturated carbocycles. The van der Waals surface area contributed by atoms with Gasteiger partial charge in [0.25, 0.3) is 36.3 Å². The van der Waals surface area contributed by atoms with Crippen LogP contribution in [-0.2, 0) is 35.1 Å². The number of hydrogen-bond donors (Lipinski definition) is 9. The van der Waals surface area contributed by atoms with E-state index in [9.17, 15) is 58.7 Å². The molecule has 0 aliphatic heterocycles. The number of hydrogen-bond acceptors (Lipinski definition) is 18. The van der Waals surface area contributed by atoms with E-state index in [1.54, 1.807) is 0 Å². The van der Waals surface area contributed by atoms with E-state index in [1.165, 1.54) is 66.7 Å². The first kappa shape index (κ1) is 44.8. The lowest BCUT2D eigenvalue weighted by Gasteiger charge is -2.14. The van der Waals surface area contributed by atoms with Crippen LogP contribution >= 0.6 is 0 Å². The smallest absolute Gasteiger partial charge is 0.322 e. The molecule has 0 bridgehead atoms. The first-order chi connectivity index (χ1) is 29.6. The molecule has 1 amide bonds. The van der Waals surface area contributed by atoms with Crippen molar-refractivity contribution in [1.29, 1.82) is 0 Å². The maximum atomic E-state index is 13.0. The fourth-order valence-corrected chi connectivity index (χ4v) is 7.31. The number of benzene rings is 6. The van der Waals surface area contributed by atoms with Gasteiger partial charge >= 0.3 is 5.97 Å². The van der Waals surface area contributed by atoms with Crippen LogP contribution in [0.3, 0.4) is 0 Å². The topological polar surface area (TPSA) is 382 Å².